The van der Waals surface area contributed by atoms with Crippen molar-refractivity contribution >= 4 is 10.0 Å². The first-order chi connectivity index (χ1) is 11.0. The first-order valence-electron chi connectivity index (χ1n) is 7.85. The van der Waals surface area contributed by atoms with Crippen molar-refractivity contribution in [3.63, 3.8) is 0 Å². The summed E-state index contributed by atoms with van der Waals surface area (Å²) in [5.41, 5.74) is 3.67. The molecule has 2 aromatic carbocycles. The van der Waals surface area contributed by atoms with Crippen molar-refractivity contribution < 1.29 is 13.2 Å². The van der Waals surface area contributed by atoms with Gasteiger partial charge in [-0.3, -0.25) is 0 Å². The molecule has 4 nitrogen and oxygen atoms in total. The number of benzene rings is 2. The molecule has 0 aliphatic heterocycles. The quantitative estimate of drug-likeness (QED) is 0.828. The highest BCUT2D eigenvalue weighted by Crippen LogP contribution is 2.25. The van der Waals surface area contributed by atoms with Gasteiger partial charge in [0.05, 0.1) is 4.90 Å². The van der Waals surface area contributed by atoms with E-state index in [-0.39, 0.29) is 11.4 Å². The number of sulfonamides is 1. The van der Waals surface area contributed by atoms with Crippen LogP contribution in [0.5, 0.6) is 5.75 Å². The summed E-state index contributed by atoms with van der Waals surface area (Å²) in [5, 5.41) is 0. The molecule has 2 aromatic rings. The lowest BCUT2D eigenvalue weighted by atomic mass is 10.1. The smallest absolute Gasteiger partial charge is 0.240 e. The zero-order valence-corrected chi connectivity index (χ0v) is 14.0. The van der Waals surface area contributed by atoms with Crippen LogP contribution in [0.1, 0.15) is 23.1 Å². The summed E-state index contributed by atoms with van der Waals surface area (Å²) in [6.07, 6.45) is 3.45. The fourth-order valence-electron chi connectivity index (χ4n) is 2.85. The van der Waals surface area contributed by atoms with Gasteiger partial charge in [-0.25, -0.2) is 13.1 Å². The highest BCUT2D eigenvalue weighted by Gasteiger charge is 2.14. The van der Waals surface area contributed by atoms with Gasteiger partial charge in [0, 0.05) is 6.54 Å². The average Bonchev–Trinajstić information content (AvgIpc) is 2.99. The molecule has 1 aliphatic rings. The molecular weight excluding hydrogens is 310 g/mol. The van der Waals surface area contributed by atoms with E-state index in [1.807, 2.05) is 19.1 Å². The molecule has 3 rings (SSSR count). The van der Waals surface area contributed by atoms with Gasteiger partial charge in [-0.1, -0.05) is 18.2 Å². The van der Waals surface area contributed by atoms with Gasteiger partial charge in [-0.05, 0) is 67.1 Å². The monoisotopic (exact) mass is 331 g/mol. The van der Waals surface area contributed by atoms with Crippen LogP contribution in [0.3, 0.4) is 0 Å². The van der Waals surface area contributed by atoms with Gasteiger partial charge in [0.1, 0.15) is 12.4 Å². The molecule has 0 bridgehead atoms. The number of nitrogens with one attached hydrogen (secondary N) is 1. The van der Waals surface area contributed by atoms with Crippen molar-refractivity contribution in [2.24, 2.45) is 0 Å². The fourth-order valence-corrected chi connectivity index (χ4v) is 3.97. The summed E-state index contributed by atoms with van der Waals surface area (Å²) in [6.45, 7) is 2.42. The molecule has 1 aliphatic carbocycles. The normalized spacial score (nSPS) is 13.8. The molecule has 122 valence electrons. The van der Waals surface area contributed by atoms with Crippen molar-refractivity contribution in [2.45, 2.75) is 31.1 Å². The third-order valence-corrected chi connectivity index (χ3v) is 5.49. The molecule has 0 heterocycles. The molecule has 0 saturated carbocycles. The number of hydrogen-bond donors (Lipinski definition) is 1. The fraction of sp³-hybridized carbons (Fsp3) is 0.333. The Balaban J connectivity index is 1.53. The van der Waals surface area contributed by atoms with Crippen molar-refractivity contribution in [3.05, 3.63) is 59.2 Å². The van der Waals surface area contributed by atoms with Crippen LogP contribution in [0.4, 0.5) is 0 Å². The van der Waals surface area contributed by atoms with E-state index in [1.165, 1.54) is 17.5 Å². The summed E-state index contributed by atoms with van der Waals surface area (Å²) in [7, 11) is -3.48. The van der Waals surface area contributed by atoms with Gasteiger partial charge in [0.2, 0.25) is 10.0 Å². The lowest BCUT2D eigenvalue weighted by molar-refractivity contribution is 0.322. The second kappa shape index (κ2) is 6.72. The van der Waals surface area contributed by atoms with Gasteiger partial charge in [0.25, 0.3) is 0 Å². The second-order valence-electron chi connectivity index (χ2n) is 5.85. The largest absolute Gasteiger partial charge is 0.492 e. The van der Waals surface area contributed by atoms with Crippen LogP contribution in [-0.4, -0.2) is 21.6 Å². The highest BCUT2D eigenvalue weighted by atomic mass is 32.2. The Morgan fingerprint density at radius 1 is 1.09 bits per heavy atom. The Kier molecular flexibility index (Phi) is 4.68. The number of rotatable bonds is 6. The summed E-state index contributed by atoms with van der Waals surface area (Å²) >= 11 is 0. The summed E-state index contributed by atoms with van der Waals surface area (Å²) in [5.74, 6) is 0.806. The van der Waals surface area contributed by atoms with Crippen molar-refractivity contribution in [2.75, 3.05) is 13.2 Å². The highest BCUT2D eigenvalue weighted by molar-refractivity contribution is 7.89. The summed E-state index contributed by atoms with van der Waals surface area (Å²) < 4.78 is 32.6. The Bertz CT molecular complexity index is 800. The lowest BCUT2D eigenvalue weighted by Gasteiger charge is -2.10. The van der Waals surface area contributed by atoms with E-state index in [4.69, 9.17) is 4.74 Å². The first-order valence-corrected chi connectivity index (χ1v) is 9.34. The van der Waals surface area contributed by atoms with E-state index in [2.05, 4.69) is 16.9 Å². The number of ether oxygens (including phenoxy) is 1. The molecule has 0 saturated heterocycles. The summed E-state index contributed by atoms with van der Waals surface area (Å²) in [4.78, 5) is 0.287. The molecule has 0 radical (unpaired) electrons. The molecule has 1 N–H and O–H groups in total. The number of fused-ring (bicyclic) bond motifs is 1. The van der Waals surface area contributed by atoms with Crippen molar-refractivity contribution in [1.82, 2.24) is 4.72 Å². The molecule has 0 amide bonds. The Labute approximate surface area is 137 Å². The van der Waals surface area contributed by atoms with Gasteiger partial charge in [-0.2, -0.15) is 0 Å². The van der Waals surface area contributed by atoms with Crippen LogP contribution in [-0.2, 0) is 22.9 Å². The van der Waals surface area contributed by atoms with Crippen molar-refractivity contribution in [3.8, 4) is 5.75 Å². The first kappa shape index (κ1) is 16.0. The van der Waals surface area contributed by atoms with Gasteiger partial charge >= 0.3 is 0 Å². The van der Waals surface area contributed by atoms with E-state index in [0.717, 1.165) is 24.2 Å². The molecule has 0 unspecified atom stereocenters. The third kappa shape index (κ3) is 3.92. The van der Waals surface area contributed by atoms with Crippen LogP contribution in [0.15, 0.2) is 47.4 Å². The number of hydrogen-bond acceptors (Lipinski definition) is 3. The molecule has 5 heteroatoms. The topological polar surface area (TPSA) is 55.4 Å². The van der Waals surface area contributed by atoms with Crippen LogP contribution in [0.2, 0.25) is 0 Å². The van der Waals surface area contributed by atoms with E-state index < -0.39 is 10.0 Å². The molecular formula is C18H21NO3S. The Morgan fingerprint density at radius 3 is 2.74 bits per heavy atom. The third-order valence-electron chi connectivity index (χ3n) is 4.03. The maximum atomic E-state index is 12.2. The molecule has 0 atom stereocenters. The molecule has 0 aromatic heterocycles. The minimum Gasteiger partial charge on any atom is -0.492 e. The molecule has 0 fully saturated rings. The minimum atomic E-state index is -3.48. The van der Waals surface area contributed by atoms with Crippen LogP contribution < -0.4 is 9.46 Å². The minimum absolute atomic E-state index is 0.243. The average molecular weight is 331 g/mol. The second-order valence-corrected chi connectivity index (χ2v) is 7.61. The summed E-state index contributed by atoms with van der Waals surface area (Å²) in [6, 6.07) is 13.0. The van der Waals surface area contributed by atoms with E-state index in [9.17, 15) is 8.42 Å². The van der Waals surface area contributed by atoms with Crippen LogP contribution in [0.25, 0.3) is 0 Å². The Hall–Kier alpha value is -1.85. The van der Waals surface area contributed by atoms with Gasteiger partial charge < -0.3 is 4.74 Å². The Morgan fingerprint density at radius 2 is 1.91 bits per heavy atom. The van der Waals surface area contributed by atoms with E-state index in [0.29, 0.717) is 6.61 Å². The standard InChI is InChI=1S/C18H21NO3S/c1-14-4-2-7-18(12-14)23(20,21)19-10-11-22-17-9-8-15-5-3-6-16(15)13-17/h2,4,7-9,12-13,19H,3,5-6,10-11H2,1H3. The zero-order valence-electron chi connectivity index (χ0n) is 13.2. The lowest BCUT2D eigenvalue weighted by Crippen LogP contribution is -2.28. The van der Waals surface area contributed by atoms with Gasteiger partial charge in [0.15, 0.2) is 0 Å². The van der Waals surface area contributed by atoms with Crippen LogP contribution >= 0.6 is 0 Å². The zero-order chi connectivity index (χ0) is 16.3. The maximum Gasteiger partial charge on any atom is 0.240 e. The molecule has 23 heavy (non-hydrogen) atoms. The maximum absolute atomic E-state index is 12.2. The van der Waals surface area contributed by atoms with Gasteiger partial charge in [-0.15, -0.1) is 0 Å². The van der Waals surface area contributed by atoms with Crippen molar-refractivity contribution in [1.29, 1.82) is 0 Å². The van der Waals surface area contributed by atoms with Crippen LogP contribution in [0, 0.1) is 6.92 Å². The predicted molar refractivity (Wildman–Crippen MR) is 90.3 cm³/mol. The molecule has 0 spiro atoms. The van der Waals surface area contributed by atoms with E-state index in [1.54, 1.807) is 18.2 Å². The SMILES string of the molecule is Cc1cccc(S(=O)(=O)NCCOc2ccc3c(c2)CCC3)c1. The van der Waals surface area contributed by atoms with E-state index >= 15 is 0 Å². The predicted octanol–water partition coefficient (Wildman–Crippen LogP) is 2.84. The number of aryl methyl sites for hydroxylation is 3.